The highest BCUT2D eigenvalue weighted by molar-refractivity contribution is 7.91. The van der Waals surface area contributed by atoms with Crippen molar-refractivity contribution in [1.29, 1.82) is 0 Å². The number of fused-ring (bicyclic) bond motifs is 1. The molecule has 0 bridgehead atoms. The summed E-state index contributed by atoms with van der Waals surface area (Å²) >= 11 is 0. The first-order valence-electron chi connectivity index (χ1n) is 13.3. The van der Waals surface area contributed by atoms with Crippen molar-refractivity contribution in [3.63, 3.8) is 0 Å². The zero-order chi connectivity index (χ0) is 25.1. The lowest BCUT2D eigenvalue weighted by molar-refractivity contribution is 0.234. The van der Waals surface area contributed by atoms with Crippen LogP contribution in [-0.2, 0) is 9.84 Å². The van der Waals surface area contributed by atoms with E-state index in [4.69, 9.17) is 0 Å². The lowest BCUT2D eigenvalue weighted by Crippen LogP contribution is -2.42. The maximum Gasteiger partial charge on any atom is 0.315 e. The van der Waals surface area contributed by atoms with Gasteiger partial charge >= 0.3 is 6.03 Å². The van der Waals surface area contributed by atoms with Gasteiger partial charge in [0.1, 0.15) is 0 Å². The van der Waals surface area contributed by atoms with Crippen molar-refractivity contribution in [2.24, 2.45) is 0 Å². The summed E-state index contributed by atoms with van der Waals surface area (Å²) in [6.07, 6.45) is 13.8. The number of anilines is 1. The second kappa shape index (κ2) is 13.7. The van der Waals surface area contributed by atoms with Gasteiger partial charge in [0.15, 0.2) is 9.84 Å². The van der Waals surface area contributed by atoms with Crippen LogP contribution in [-0.4, -0.2) is 46.9 Å². The van der Waals surface area contributed by atoms with Gasteiger partial charge in [0.2, 0.25) is 0 Å². The minimum atomic E-state index is -3.47. The third-order valence-corrected chi connectivity index (χ3v) is 8.84. The standard InChI is InChI=1S/C28H43N3O3S/c1-31(2)26-19-12-18-25-24(26)17-13-20-27(25)35(33,34)22-14-21-29-28(32)30-23-15-10-8-6-4-3-5-7-9-11-16-23/h12-13,17-20,23H,3-11,14-16,21-22H2,1-2H3,(H2,29,30,32). The quantitative estimate of drug-likeness (QED) is 0.453. The van der Waals surface area contributed by atoms with Crippen molar-refractivity contribution in [2.75, 3.05) is 31.3 Å². The molecule has 0 spiro atoms. The number of nitrogens with zero attached hydrogens (tertiary/aromatic N) is 1. The molecular weight excluding hydrogens is 458 g/mol. The smallest absolute Gasteiger partial charge is 0.315 e. The number of hydrogen-bond donors (Lipinski definition) is 2. The largest absolute Gasteiger partial charge is 0.377 e. The van der Waals surface area contributed by atoms with E-state index in [-0.39, 0.29) is 17.8 Å². The van der Waals surface area contributed by atoms with E-state index >= 15 is 0 Å². The number of amides is 2. The van der Waals surface area contributed by atoms with E-state index in [1.54, 1.807) is 12.1 Å². The molecule has 1 aliphatic carbocycles. The summed E-state index contributed by atoms with van der Waals surface area (Å²) in [5.74, 6) is 0.00200. The monoisotopic (exact) mass is 501 g/mol. The second-order valence-corrected chi connectivity index (χ2v) is 12.1. The van der Waals surface area contributed by atoms with Crippen molar-refractivity contribution in [2.45, 2.75) is 88.0 Å². The Balaban J connectivity index is 1.50. The maximum absolute atomic E-state index is 13.1. The van der Waals surface area contributed by atoms with Crippen molar-refractivity contribution in [1.82, 2.24) is 10.6 Å². The number of nitrogens with one attached hydrogen (secondary N) is 2. The van der Waals surface area contributed by atoms with Gasteiger partial charge in [-0.1, -0.05) is 82.1 Å². The van der Waals surface area contributed by atoms with Crippen LogP contribution in [0.5, 0.6) is 0 Å². The molecule has 0 aromatic heterocycles. The average Bonchev–Trinajstić information content (AvgIpc) is 2.82. The van der Waals surface area contributed by atoms with E-state index in [0.717, 1.165) is 42.1 Å². The minimum Gasteiger partial charge on any atom is -0.377 e. The molecule has 194 valence electrons. The van der Waals surface area contributed by atoms with E-state index in [2.05, 4.69) is 10.6 Å². The van der Waals surface area contributed by atoms with E-state index < -0.39 is 9.84 Å². The fourth-order valence-corrected chi connectivity index (χ4v) is 6.59. The molecule has 1 aliphatic rings. The number of carbonyl (C=O) groups is 1. The SMILES string of the molecule is CN(C)c1cccc2c(S(=O)(=O)CCCNC(=O)NC3CCCCCCCCCCC3)cccc12. The Morgan fingerprint density at radius 1 is 0.857 bits per heavy atom. The van der Waals surface area contributed by atoms with Crippen LogP contribution in [0.15, 0.2) is 41.3 Å². The number of sulfone groups is 1. The van der Waals surface area contributed by atoms with E-state index in [1.807, 2.05) is 43.3 Å². The first kappa shape index (κ1) is 27.3. The summed E-state index contributed by atoms with van der Waals surface area (Å²) in [6.45, 7) is 0.339. The number of carbonyl (C=O) groups excluding carboxylic acids is 1. The molecule has 35 heavy (non-hydrogen) atoms. The predicted octanol–water partition coefficient (Wildman–Crippen LogP) is 6.04. The van der Waals surface area contributed by atoms with E-state index in [9.17, 15) is 13.2 Å². The van der Waals surface area contributed by atoms with Gasteiger partial charge in [-0.05, 0) is 31.4 Å². The predicted molar refractivity (Wildman–Crippen MR) is 146 cm³/mol. The third kappa shape index (κ3) is 8.41. The Kier molecular flexibility index (Phi) is 10.7. The molecule has 2 amide bonds. The lowest BCUT2D eigenvalue weighted by Gasteiger charge is -2.20. The molecule has 7 heteroatoms. The average molecular weight is 502 g/mol. The van der Waals surface area contributed by atoms with Crippen LogP contribution in [0, 0.1) is 0 Å². The highest BCUT2D eigenvalue weighted by atomic mass is 32.2. The van der Waals surface area contributed by atoms with Crippen LogP contribution >= 0.6 is 0 Å². The summed E-state index contributed by atoms with van der Waals surface area (Å²) in [4.78, 5) is 14.8. The molecule has 2 N–H and O–H groups in total. The van der Waals surface area contributed by atoms with Crippen molar-refractivity contribution in [3.8, 4) is 0 Å². The topological polar surface area (TPSA) is 78.5 Å². The molecule has 1 fully saturated rings. The summed E-state index contributed by atoms with van der Waals surface area (Å²) in [5, 5.41) is 7.68. The Hall–Kier alpha value is -2.28. The fourth-order valence-electron chi connectivity index (χ4n) is 5.04. The number of rotatable bonds is 7. The molecule has 0 heterocycles. The minimum absolute atomic E-state index is 0.00200. The third-order valence-electron chi connectivity index (χ3n) is 6.99. The number of urea groups is 1. The fraction of sp³-hybridized carbons (Fsp3) is 0.607. The van der Waals surface area contributed by atoms with E-state index in [0.29, 0.717) is 17.9 Å². The van der Waals surface area contributed by atoms with Crippen LogP contribution < -0.4 is 15.5 Å². The Morgan fingerprint density at radius 2 is 1.43 bits per heavy atom. The summed E-state index contributed by atoms with van der Waals surface area (Å²) in [6, 6.07) is 11.2. The molecule has 2 aromatic rings. The van der Waals surface area contributed by atoms with Crippen molar-refractivity contribution in [3.05, 3.63) is 36.4 Å². The Bertz CT molecular complexity index is 1040. The molecule has 0 aliphatic heterocycles. The van der Waals surface area contributed by atoms with Gasteiger partial charge < -0.3 is 15.5 Å². The van der Waals surface area contributed by atoms with Gasteiger partial charge in [-0.3, -0.25) is 0 Å². The van der Waals surface area contributed by atoms with Crippen molar-refractivity contribution < 1.29 is 13.2 Å². The molecule has 0 saturated heterocycles. The summed E-state index contributed by atoms with van der Waals surface area (Å²) in [5.41, 5.74) is 0.990. The first-order valence-corrected chi connectivity index (χ1v) is 15.0. The Morgan fingerprint density at radius 3 is 2.06 bits per heavy atom. The van der Waals surface area contributed by atoms with Crippen molar-refractivity contribution >= 4 is 32.3 Å². The normalized spacial score (nSPS) is 16.7. The van der Waals surface area contributed by atoms with Gasteiger partial charge in [0.05, 0.1) is 10.6 Å². The molecule has 0 atom stereocenters. The van der Waals surface area contributed by atoms with Gasteiger partial charge in [0.25, 0.3) is 0 Å². The molecule has 6 nitrogen and oxygen atoms in total. The summed E-state index contributed by atoms with van der Waals surface area (Å²) < 4.78 is 26.3. The van der Waals surface area contributed by atoms with Gasteiger partial charge in [0, 0.05) is 43.1 Å². The number of hydrogen-bond acceptors (Lipinski definition) is 4. The molecule has 1 saturated carbocycles. The van der Waals surface area contributed by atoms with Gasteiger partial charge in [-0.25, -0.2) is 13.2 Å². The lowest BCUT2D eigenvalue weighted by atomic mass is 9.98. The van der Waals surface area contributed by atoms with Crippen LogP contribution in [0.4, 0.5) is 10.5 Å². The van der Waals surface area contributed by atoms with Gasteiger partial charge in [-0.15, -0.1) is 0 Å². The number of benzene rings is 2. The molecule has 3 rings (SSSR count). The van der Waals surface area contributed by atoms with Crippen LogP contribution in [0.2, 0.25) is 0 Å². The van der Waals surface area contributed by atoms with Gasteiger partial charge in [-0.2, -0.15) is 0 Å². The highest BCUT2D eigenvalue weighted by Gasteiger charge is 2.19. The maximum atomic E-state index is 13.1. The zero-order valence-corrected chi connectivity index (χ0v) is 22.3. The van der Waals surface area contributed by atoms with Crippen LogP contribution in [0.1, 0.15) is 77.0 Å². The Labute approximate surface area is 211 Å². The highest BCUT2D eigenvalue weighted by Crippen LogP contribution is 2.30. The molecular formula is C28H43N3O3S. The summed E-state index contributed by atoms with van der Waals surface area (Å²) in [7, 11) is 0.439. The van der Waals surface area contributed by atoms with Crippen LogP contribution in [0.3, 0.4) is 0 Å². The first-order chi connectivity index (χ1) is 16.9. The zero-order valence-electron chi connectivity index (χ0n) is 21.5. The second-order valence-electron chi connectivity index (χ2n) is 10.1. The molecule has 2 aromatic carbocycles. The molecule has 0 unspecified atom stereocenters. The van der Waals surface area contributed by atoms with E-state index in [1.165, 1.54) is 44.9 Å². The van der Waals surface area contributed by atoms with Crippen LogP contribution in [0.25, 0.3) is 10.8 Å². The molecule has 0 radical (unpaired) electrons.